The van der Waals surface area contributed by atoms with E-state index < -0.39 is 17.5 Å². The zero-order valence-corrected chi connectivity index (χ0v) is 15.6. The van der Waals surface area contributed by atoms with E-state index in [9.17, 15) is 18.0 Å². The zero-order valence-electron chi connectivity index (χ0n) is 15.6. The van der Waals surface area contributed by atoms with Gasteiger partial charge in [-0.05, 0) is 36.2 Å². The SMILES string of the molecule is COc1ccc(CCNC(=O)N2CCN(c3ccc(F)c(F)c3F)CC2)cc1. The van der Waals surface area contributed by atoms with Crippen LogP contribution in [-0.4, -0.2) is 50.8 Å². The summed E-state index contributed by atoms with van der Waals surface area (Å²) in [5.41, 5.74) is 1.10. The van der Waals surface area contributed by atoms with Crippen LogP contribution in [0.1, 0.15) is 5.56 Å². The lowest BCUT2D eigenvalue weighted by Crippen LogP contribution is -2.52. The number of amides is 2. The maximum Gasteiger partial charge on any atom is 0.317 e. The van der Waals surface area contributed by atoms with Gasteiger partial charge in [0.2, 0.25) is 0 Å². The summed E-state index contributed by atoms with van der Waals surface area (Å²) in [5, 5.41) is 2.87. The summed E-state index contributed by atoms with van der Waals surface area (Å²) in [7, 11) is 1.61. The molecule has 28 heavy (non-hydrogen) atoms. The highest BCUT2D eigenvalue weighted by molar-refractivity contribution is 5.74. The minimum Gasteiger partial charge on any atom is -0.497 e. The third-order valence-corrected chi connectivity index (χ3v) is 4.77. The predicted molar refractivity (Wildman–Crippen MR) is 100 cm³/mol. The molecule has 1 aliphatic rings. The lowest BCUT2D eigenvalue weighted by Gasteiger charge is -2.36. The summed E-state index contributed by atoms with van der Waals surface area (Å²) >= 11 is 0. The minimum absolute atomic E-state index is 0.0125. The van der Waals surface area contributed by atoms with Crippen molar-refractivity contribution >= 4 is 11.7 Å². The maximum atomic E-state index is 13.9. The van der Waals surface area contributed by atoms with Crippen molar-refractivity contribution in [3.8, 4) is 5.75 Å². The van der Waals surface area contributed by atoms with E-state index >= 15 is 0 Å². The van der Waals surface area contributed by atoms with E-state index in [1.54, 1.807) is 16.9 Å². The van der Waals surface area contributed by atoms with Crippen LogP contribution >= 0.6 is 0 Å². The third-order valence-electron chi connectivity index (χ3n) is 4.77. The number of urea groups is 1. The number of piperazine rings is 1. The average Bonchev–Trinajstić information content (AvgIpc) is 2.73. The number of ether oxygens (including phenoxy) is 1. The molecule has 150 valence electrons. The molecule has 2 aromatic rings. The number of benzene rings is 2. The second-order valence-electron chi connectivity index (χ2n) is 6.50. The van der Waals surface area contributed by atoms with Crippen molar-refractivity contribution in [2.45, 2.75) is 6.42 Å². The highest BCUT2D eigenvalue weighted by Crippen LogP contribution is 2.24. The van der Waals surface area contributed by atoms with E-state index in [1.165, 1.54) is 6.07 Å². The van der Waals surface area contributed by atoms with Crippen LogP contribution in [0.25, 0.3) is 0 Å². The van der Waals surface area contributed by atoms with Crippen molar-refractivity contribution in [1.29, 1.82) is 0 Å². The second kappa shape index (κ2) is 8.86. The molecule has 0 unspecified atom stereocenters. The molecular formula is C20H22F3N3O2. The Morgan fingerprint density at radius 3 is 2.32 bits per heavy atom. The number of rotatable bonds is 5. The Labute approximate surface area is 161 Å². The Kier molecular flexibility index (Phi) is 6.28. The van der Waals surface area contributed by atoms with Crippen molar-refractivity contribution in [3.05, 3.63) is 59.4 Å². The van der Waals surface area contributed by atoms with E-state index in [-0.39, 0.29) is 11.7 Å². The molecule has 1 N–H and O–H groups in total. The molecule has 1 aliphatic heterocycles. The highest BCUT2D eigenvalue weighted by atomic mass is 19.2. The number of nitrogens with one attached hydrogen (secondary N) is 1. The first-order chi connectivity index (χ1) is 13.5. The highest BCUT2D eigenvalue weighted by Gasteiger charge is 2.24. The topological polar surface area (TPSA) is 44.8 Å². The zero-order chi connectivity index (χ0) is 20.1. The van der Waals surface area contributed by atoms with E-state index in [1.807, 2.05) is 24.3 Å². The molecular weight excluding hydrogens is 371 g/mol. The van der Waals surface area contributed by atoms with Gasteiger partial charge in [-0.25, -0.2) is 18.0 Å². The summed E-state index contributed by atoms with van der Waals surface area (Å²) in [4.78, 5) is 15.5. The second-order valence-corrected chi connectivity index (χ2v) is 6.50. The molecule has 5 nitrogen and oxygen atoms in total. The molecule has 3 rings (SSSR count). The minimum atomic E-state index is -1.48. The number of hydrogen-bond donors (Lipinski definition) is 1. The largest absolute Gasteiger partial charge is 0.497 e. The normalized spacial score (nSPS) is 14.1. The molecule has 0 aromatic heterocycles. The Morgan fingerprint density at radius 1 is 1.00 bits per heavy atom. The van der Waals surface area contributed by atoms with Crippen LogP contribution in [0.2, 0.25) is 0 Å². The average molecular weight is 393 g/mol. The molecule has 0 spiro atoms. The van der Waals surface area contributed by atoms with Gasteiger partial charge in [0.1, 0.15) is 5.75 Å². The Hall–Kier alpha value is -2.90. The molecule has 0 radical (unpaired) electrons. The molecule has 0 atom stereocenters. The molecule has 8 heteroatoms. The number of carbonyl (C=O) groups is 1. The monoisotopic (exact) mass is 393 g/mol. The Balaban J connectivity index is 1.46. The molecule has 0 aliphatic carbocycles. The molecule has 2 amide bonds. The fourth-order valence-electron chi connectivity index (χ4n) is 3.13. The van der Waals surface area contributed by atoms with Crippen molar-refractivity contribution < 1.29 is 22.7 Å². The van der Waals surface area contributed by atoms with Gasteiger partial charge in [0.05, 0.1) is 12.8 Å². The van der Waals surface area contributed by atoms with Gasteiger partial charge in [-0.2, -0.15) is 0 Å². The number of carbonyl (C=O) groups excluding carboxylic acids is 1. The smallest absolute Gasteiger partial charge is 0.317 e. The van der Waals surface area contributed by atoms with Crippen molar-refractivity contribution in [2.75, 3.05) is 44.7 Å². The third kappa shape index (κ3) is 4.49. The van der Waals surface area contributed by atoms with Crippen LogP contribution in [0.3, 0.4) is 0 Å². The molecule has 1 fully saturated rings. The summed E-state index contributed by atoms with van der Waals surface area (Å²) in [5.74, 6) is -3.10. The van der Waals surface area contributed by atoms with Gasteiger partial charge < -0.3 is 19.9 Å². The first kappa shape index (κ1) is 19.9. The summed E-state index contributed by atoms with van der Waals surface area (Å²) in [6.07, 6.45) is 0.690. The van der Waals surface area contributed by atoms with E-state index in [4.69, 9.17) is 4.74 Å². The van der Waals surface area contributed by atoms with Gasteiger partial charge in [-0.15, -0.1) is 0 Å². The molecule has 1 saturated heterocycles. The van der Waals surface area contributed by atoms with Gasteiger partial charge in [-0.1, -0.05) is 12.1 Å². The van der Waals surface area contributed by atoms with Crippen LogP contribution in [-0.2, 0) is 6.42 Å². The quantitative estimate of drug-likeness (QED) is 0.794. The first-order valence-electron chi connectivity index (χ1n) is 9.03. The van der Waals surface area contributed by atoms with E-state index in [2.05, 4.69) is 5.32 Å². The fraction of sp³-hybridized carbons (Fsp3) is 0.350. The first-order valence-corrected chi connectivity index (χ1v) is 9.03. The van der Waals surface area contributed by atoms with Gasteiger partial charge in [0.25, 0.3) is 0 Å². The number of nitrogens with zero attached hydrogens (tertiary/aromatic N) is 2. The van der Waals surface area contributed by atoms with E-state index in [0.717, 1.165) is 17.4 Å². The number of anilines is 1. The predicted octanol–water partition coefficient (Wildman–Crippen LogP) is 3.19. The number of hydrogen-bond acceptors (Lipinski definition) is 3. The lowest BCUT2D eigenvalue weighted by molar-refractivity contribution is 0.194. The van der Waals surface area contributed by atoms with E-state index in [0.29, 0.717) is 39.1 Å². The molecule has 0 saturated carbocycles. The van der Waals surface area contributed by atoms with Gasteiger partial charge in [-0.3, -0.25) is 0 Å². The maximum absolute atomic E-state index is 13.9. The molecule has 2 aromatic carbocycles. The van der Waals surface area contributed by atoms with Crippen LogP contribution in [0, 0.1) is 17.5 Å². The van der Waals surface area contributed by atoms with Crippen LogP contribution in [0.15, 0.2) is 36.4 Å². The lowest BCUT2D eigenvalue weighted by atomic mass is 10.1. The fourth-order valence-corrected chi connectivity index (χ4v) is 3.13. The van der Waals surface area contributed by atoms with Crippen LogP contribution in [0.5, 0.6) is 5.75 Å². The molecule has 0 bridgehead atoms. The number of methoxy groups -OCH3 is 1. The Bertz CT molecular complexity index is 822. The van der Waals surface area contributed by atoms with Gasteiger partial charge in [0, 0.05) is 32.7 Å². The molecule has 1 heterocycles. The van der Waals surface area contributed by atoms with Crippen LogP contribution < -0.4 is 15.0 Å². The number of halogens is 3. The Morgan fingerprint density at radius 2 is 1.68 bits per heavy atom. The van der Waals surface area contributed by atoms with Crippen LogP contribution in [0.4, 0.5) is 23.7 Å². The van der Waals surface area contributed by atoms with Crippen molar-refractivity contribution in [3.63, 3.8) is 0 Å². The summed E-state index contributed by atoms with van der Waals surface area (Å²) < 4.78 is 45.5. The van der Waals surface area contributed by atoms with Gasteiger partial charge in [0.15, 0.2) is 17.5 Å². The summed E-state index contributed by atoms with van der Waals surface area (Å²) in [6, 6.07) is 9.56. The standard InChI is InChI=1S/C20H22F3N3O2/c1-28-15-4-2-14(3-5-15)8-9-24-20(27)26-12-10-25(11-13-26)17-7-6-16(21)18(22)19(17)23/h2-7H,8-13H2,1H3,(H,24,27). The summed E-state index contributed by atoms with van der Waals surface area (Å²) in [6.45, 7) is 1.91. The van der Waals surface area contributed by atoms with Gasteiger partial charge >= 0.3 is 6.03 Å². The van der Waals surface area contributed by atoms with Crippen molar-refractivity contribution in [2.24, 2.45) is 0 Å². The van der Waals surface area contributed by atoms with Crippen molar-refractivity contribution in [1.82, 2.24) is 10.2 Å².